The molecule has 0 aliphatic carbocycles. The van der Waals surface area contributed by atoms with Crippen LogP contribution in [0.4, 0.5) is 5.95 Å². The van der Waals surface area contributed by atoms with E-state index in [1.165, 1.54) is 0 Å². The van der Waals surface area contributed by atoms with E-state index in [0.717, 1.165) is 43.9 Å². The van der Waals surface area contributed by atoms with Crippen molar-refractivity contribution in [2.45, 2.75) is 25.4 Å². The van der Waals surface area contributed by atoms with Gasteiger partial charge in [0.05, 0.1) is 6.10 Å². The Kier molecular flexibility index (Phi) is 4.28. The SMILES string of the molecule is COC1CCCN(c2ncc(CCN)cn2)C1. The number of methoxy groups -OCH3 is 1. The Morgan fingerprint density at radius 2 is 2.24 bits per heavy atom. The Balaban J connectivity index is 2.01. The summed E-state index contributed by atoms with van der Waals surface area (Å²) in [6.45, 7) is 2.53. The van der Waals surface area contributed by atoms with Crippen LogP contribution >= 0.6 is 0 Å². The third-order valence-electron chi connectivity index (χ3n) is 3.12. The van der Waals surface area contributed by atoms with Crippen molar-refractivity contribution in [1.29, 1.82) is 0 Å². The van der Waals surface area contributed by atoms with Crippen LogP contribution in [0.15, 0.2) is 12.4 Å². The summed E-state index contributed by atoms with van der Waals surface area (Å²) in [5, 5.41) is 0. The Morgan fingerprint density at radius 3 is 2.88 bits per heavy atom. The van der Waals surface area contributed by atoms with Crippen molar-refractivity contribution in [1.82, 2.24) is 9.97 Å². The normalized spacial score (nSPS) is 20.6. The van der Waals surface area contributed by atoms with Crippen LogP contribution in [0.2, 0.25) is 0 Å². The van der Waals surface area contributed by atoms with Gasteiger partial charge in [0.2, 0.25) is 5.95 Å². The number of aromatic nitrogens is 2. The minimum absolute atomic E-state index is 0.302. The number of nitrogens with zero attached hydrogens (tertiary/aromatic N) is 3. The van der Waals surface area contributed by atoms with Crippen molar-refractivity contribution < 1.29 is 4.74 Å². The average Bonchev–Trinajstić information content (AvgIpc) is 2.40. The molecule has 0 spiro atoms. The molecule has 1 aliphatic heterocycles. The highest BCUT2D eigenvalue weighted by atomic mass is 16.5. The molecular formula is C12H20N4O. The molecule has 1 unspecified atom stereocenters. The maximum atomic E-state index is 5.50. The first-order chi connectivity index (χ1) is 8.33. The molecule has 17 heavy (non-hydrogen) atoms. The van der Waals surface area contributed by atoms with Gasteiger partial charge in [-0.15, -0.1) is 0 Å². The maximum Gasteiger partial charge on any atom is 0.225 e. The first-order valence-corrected chi connectivity index (χ1v) is 6.12. The standard InChI is InChI=1S/C12H20N4O/c1-17-11-3-2-6-16(9-11)12-14-7-10(4-5-13)8-15-12/h7-8,11H,2-6,9,13H2,1H3. The summed E-state index contributed by atoms with van der Waals surface area (Å²) in [6, 6.07) is 0. The highest BCUT2D eigenvalue weighted by molar-refractivity contribution is 5.30. The van der Waals surface area contributed by atoms with Crippen LogP contribution in [-0.2, 0) is 11.2 Å². The van der Waals surface area contributed by atoms with Crippen LogP contribution in [0, 0.1) is 0 Å². The highest BCUT2D eigenvalue weighted by Gasteiger charge is 2.21. The fourth-order valence-corrected chi connectivity index (χ4v) is 2.12. The number of rotatable bonds is 4. The first kappa shape index (κ1) is 12.3. The molecule has 1 aromatic heterocycles. The van der Waals surface area contributed by atoms with E-state index in [1.807, 2.05) is 12.4 Å². The predicted octanol–water partition coefficient (Wildman–Crippen LogP) is 0.593. The summed E-state index contributed by atoms with van der Waals surface area (Å²) in [7, 11) is 1.76. The van der Waals surface area contributed by atoms with Gasteiger partial charge in [0.25, 0.3) is 0 Å². The fourth-order valence-electron chi connectivity index (χ4n) is 2.12. The molecule has 1 atom stereocenters. The van der Waals surface area contributed by atoms with Crippen molar-refractivity contribution in [3.8, 4) is 0 Å². The number of piperidine rings is 1. The van der Waals surface area contributed by atoms with Crippen molar-refractivity contribution in [3.05, 3.63) is 18.0 Å². The second-order valence-corrected chi connectivity index (χ2v) is 4.38. The summed E-state index contributed by atoms with van der Waals surface area (Å²) in [5.74, 6) is 0.799. The molecule has 94 valence electrons. The van der Waals surface area contributed by atoms with Crippen LogP contribution in [0.1, 0.15) is 18.4 Å². The molecule has 1 fully saturated rings. The van der Waals surface area contributed by atoms with E-state index in [4.69, 9.17) is 10.5 Å². The van der Waals surface area contributed by atoms with E-state index in [0.29, 0.717) is 12.6 Å². The lowest BCUT2D eigenvalue weighted by atomic mass is 10.1. The number of anilines is 1. The van der Waals surface area contributed by atoms with Crippen molar-refractivity contribution in [2.24, 2.45) is 5.73 Å². The number of ether oxygens (including phenoxy) is 1. The van der Waals surface area contributed by atoms with Gasteiger partial charge in [0, 0.05) is 32.6 Å². The van der Waals surface area contributed by atoms with Gasteiger partial charge in [-0.1, -0.05) is 0 Å². The Bertz CT molecular complexity index is 341. The smallest absolute Gasteiger partial charge is 0.225 e. The van der Waals surface area contributed by atoms with Crippen LogP contribution < -0.4 is 10.6 Å². The zero-order valence-electron chi connectivity index (χ0n) is 10.3. The van der Waals surface area contributed by atoms with Gasteiger partial charge in [-0.3, -0.25) is 0 Å². The molecule has 0 saturated carbocycles. The fraction of sp³-hybridized carbons (Fsp3) is 0.667. The lowest BCUT2D eigenvalue weighted by molar-refractivity contribution is 0.0889. The van der Waals surface area contributed by atoms with E-state index in [-0.39, 0.29) is 0 Å². The topological polar surface area (TPSA) is 64.3 Å². The lowest BCUT2D eigenvalue weighted by Gasteiger charge is -2.31. The van der Waals surface area contributed by atoms with Gasteiger partial charge in [0.1, 0.15) is 0 Å². The summed E-state index contributed by atoms with van der Waals surface area (Å²) >= 11 is 0. The number of nitrogens with two attached hydrogens (primary N) is 1. The molecule has 1 aromatic rings. The lowest BCUT2D eigenvalue weighted by Crippen LogP contribution is -2.40. The van der Waals surface area contributed by atoms with Gasteiger partial charge in [-0.2, -0.15) is 0 Å². The van der Waals surface area contributed by atoms with E-state index >= 15 is 0 Å². The molecule has 5 heteroatoms. The monoisotopic (exact) mass is 236 g/mol. The summed E-state index contributed by atoms with van der Waals surface area (Å²) in [4.78, 5) is 11.0. The third kappa shape index (κ3) is 3.14. The predicted molar refractivity (Wildman–Crippen MR) is 67.0 cm³/mol. The van der Waals surface area contributed by atoms with E-state index in [9.17, 15) is 0 Å². The van der Waals surface area contributed by atoms with Crippen molar-refractivity contribution in [2.75, 3.05) is 31.6 Å². The Hall–Kier alpha value is -1.20. The largest absolute Gasteiger partial charge is 0.380 e. The average molecular weight is 236 g/mol. The Morgan fingerprint density at radius 1 is 1.47 bits per heavy atom. The van der Waals surface area contributed by atoms with Crippen LogP contribution in [0.5, 0.6) is 0 Å². The molecular weight excluding hydrogens is 216 g/mol. The van der Waals surface area contributed by atoms with Crippen LogP contribution in [0.3, 0.4) is 0 Å². The highest BCUT2D eigenvalue weighted by Crippen LogP contribution is 2.17. The molecule has 1 aliphatic rings. The maximum absolute atomic E-state index is 5.50. The van der Waals surface area contributed by atoms with E-state index in [2.05, 4.69) is 14.9 Å². The minimum Gasteiger partial charge on any atom is -0.380 e. The summed E-state index contributed by atoms with van der Waals surface area (Å²) in [6.07, 6.45) is 7.12. The van der Waals surface area contributed by atoms with Gasteiger partial charge < -0.3 is 15.4 Å². The van der Waals surface area contributed by atoms with Crippen molar-refractivity contribution >= 4 is 5.95 Å². The number of hydrogen-bond donors (Lipinski definition) is 1. The van der Waals surface area contributed by atoms with Gasteiger partial charge >= 0.3 is 0 Å². The van der Waals surface area contributed by atoms with Crippen molar-refractivity contribution in [3.63, 3.8) is 0 Å². The molecule has 0 aromatic carbocycles. The second-order valence-electron chi connectivity index (χ2n) is 4.38. The molecule has 1 saturated heterocycles. The summed E-state index contributed by atoms with van der Waals surface area (Å²) < 4.78 is 5.39. The Labute approximate surface area is 102 Å². The zero-order chi connectivity index (χ0) is 12.1. The third-order valence-corrected chi connectivity index (χ3v) is 3.12. The van der Waals surface area contributed by atoms with Gasteiger partial charge in [-0.25, -0.2) is 9.97 Å². The van der Waals surface area contributed by atoms with E-state index in [1.54, 1.807) is 7.11 Å². The molecule has 2 heterocycles. The molecule has 0 bridgehead atoms. The van der Waals surface area contributed by atoms with E-state index < -0.39 is 0 Å². The quantitative estimate of drug-likeness (QED) is 0.829. The summed E-state index contributed by atoms with van der Waals surface area (Å²) in [5.41, 5.74) is 6.59. The second kappa shape index (κ2) is 5.93. The van der Waals surface area contributed by atoms with Gasteiger partial charge in [-0.05, 0) is 31.4 Å². The van der Waals surface area contributed by atoms with Crippen LogP contribution in [0.25, 0.3) is 0 Å². The zero-order valence-corrected chi connectivity index (χ0v) is 10.3. The molecule has 0 radical (unpaired) electrons. The minimum atomic E-state index is 0.302. The first-order valence-electron chi connectivity index (χ1n) is 6.12. The molecule has 5 nitrogen and oxygen atoms in total. The van der Waals surface area contributed by atoms with Gasteiger partial charge in [0.15, 0.2) is 0 Å². The number of hydrogen-bond acceptors (Lipinski definition) is 5. The van der Waals surface area contributed by atoms with Crippen LogP contribution in [-0.4, -0.2) is 42.8 Å². The molecule has 2 N–H and O–H groups in total. The molecule has 2 rings (SSSR count). The molecule has 0 amide bonds.